The fourth-order valence-electron chi connectivity index (χ4n) is 1.30. The minimum atomic E-state index is -0.506. The van der Waals surface area contributed by atoms with E-state index >= 15 is 0 Å². The van der Waals surface area contributed by atoms with E-state index in [1.54, 1.807) is 12.1 Å². The van der Waals surface area contributed by atoms with Crippen LogP contribution in [-0.2, 0) is 4.79 Å². The number of nitrogens with one attached hydrogen (secondary N) is 1. The molecule has 2 heterocycles. The monoisotopic (exact) mass is 302 g/mol. The van der Waals surface area contributed by atoms with E-state index in [0.29, 0.717) is 4.88 Å². The van der Waals surface area contributed by atoms with Crippen molar-refractivity contribution in [3.05, 3.63) is 20.8 Å². The number of hydrogen-bond acceptors (Lipinski definition) is 4. The molecule has 1 aromatic heterocycles. The van der Waals surface area contributed by atoms with Crippen molar-refractivity contribution in [3.63, 3.8) is 0 Å². The molecule has 2 rings (SSSR count). The van der Waals surface area contributed by atoms with Crippen molar-refractivity contribution in [2.45, 2.75) is 0 Å². The van der Waals surface area contributed by atoms with Crippen molar-refractivity contribution in [2.75, 3.05) is 13.1 Å². The van der Waals surface area contributed by atoms with Crippen LogP contribution in [0.2, 0.25) is 0 Å². The molecule has 0 saturated carbocycles. The van der Waals surface area contributed by atoms with E-state index in [9.17, 15) is 14.4 Å². The summed E-state index contributed by atoms with van der Waals surface area (Å²) in [7, 11) is 0. The lowest BCUT2D eigenvalue weighted by Gasteiger charge is -2.09. The van der Waals surface area contributed by atoms with Crippen LogP contribution in [0.4, 0.5) is 4.79 Å². The summed E-state index contributed by atoms with van der Waals surface area (Å²) in [5.41, 5.74) is 0. The van der Waals surface area contributed by atoms with Gasteiger partial charge < -0.3 is 5.32 Å². The van der Waals surface area contributed by atoms with E-state index in [-0.39, 0.29) is 24.8 Å². The highest BCUT2D eigenvalue weighted by atomic mass is 79.9. The second-order valence-electron chi connectivity index (χ2n) is 3.17. The molecule has 1 N–H and O–H groups in total. The molecule has 0 bridgehead atoms. The quantitative estimate of drug-likeness (QED) is 0.675. The Morgan fingerprint density at radius 2 is 2.25 bits per heavy atom. The van der Waals surface area contributed by atoms with Crippen molar-refractivity contribution in [2.24, 2.45) is 0 Å². The summed E-state index contributed by atoms with van der Waals surface area (Å²) in [5.74, 6) is -0.602. The summed E-state index contributed by atoms with van der Waals surface area (Å²) in [5, 5.41) is 2.36. The van der Waals surface area contributed by atoms with E-state index in [2.05, 4.69) is 21.2 Å². The number of carbonyl (C=O) groups excluding carboxylic acids is 3. The lowest BCUT2D eigenvalue weighted by atomic mass is 10.3. The fraction of sp³-hybridized carbons (Fsp3) is 0.222. The maximum atomic E-state index is 11.7. The van der Waals surface area contributed by atoms with Crippen LogP contribution < -0.4 is 5.32 Å². The zero-order chi connectivity index (χ0) is 11.7. The summed E-state index contributed by atoms with van der Waals surface area (Å²) in [6.07, 6.45) is 0. The molecule has 0 radical (unpaired) electrons. The largest absolute Gasteiger partial charge is 0.329 e. The molecule has 3 amide bonds. The molecular weight excluding hydrogens is 296 g/mol. The predicted octanol–water partition coefficient (Wildman–Crippen LogP) is 1.25. The highest BCUT2D eigenvalue weighted by molar-refractivity contribution is 9.11. The normalized spacial score (nSPS) is 15.4. The third kappa shape index (κ3) is 2.14. The summed E-state index contributed by atoms with van der Waals surface area (Å²) >= 11 is 4.52. The first-order valence-electron chi connectivity index (χ1n) is 4.44. The van der Waals surface area contributed by atoms with Crippen LogP contribution >= 0.6 is 27.3 Å². The lowest BCUT2D eigenvalue weighted by Crippen LogP contribution is -2.35. The smallest absolute Gasteiger partial charge is 0.325 e. The van der Waals surface area contributed by atoms with Crippen molar-refractivity contribution in [1.82, 2.24) is 10.2 Å². The minimum Gasteiger partial charge on any atom is -0.329 e. The number of hydrogen-bond donors (Lipinski definition) is 1. The zero-order valence-corrected chi connectivity index (χ0v) is 10.4. The summed E-state index contributed by atoms with van der Waals surface area (Å²) < 4.78 is 0.841. The van der Waals surface area contributed by atoms with Crippen molar-refractivity contribution >= 4 is 45.0 Å². The first-order valence-corrected chi connectivity index (χ1v) is 6.05. The van der Waals surface area contributed by atoms with Crippen LogP contribution in [0.25, 0.3) is 0 Å². The highest BCUT2D eigenvalue weighted by Crippen LogP contribution is 2.22. The molecule has 0 aromatic carbocycles. The maximum Gasteiger partial charge on any atom is 0.325 e. The number of carbonyl (C=O) groups is 3. The lowest BCUT2D eigenvalue weighted by molar-refractivity contribution is -0.124. The van der Waals surface area contributed by atoms with Gasteiger partial charge in [-0.05, 0) is 28.1 Å². The Labute approximate surface area is 104 Å². The molecule has 16 heavy (non-hydrogen) atoms. The van der Waals surface area contributed by atoms with Gasteiger partial charge in [0.2, 0.25) is 5.91 Å². The fourth-order valence-corrected chi connectivity index (χ4v) is 2.62. The molecule has 1 aliphatic heterocycles. The predicted molar refractivity (Wildman–Crippen MR) is 61.5 cm³/mol. The van der Waals surface area contributed by atoms with Crippen molar-refractivity contribution in [3.8, 4) is 0 Å². The number of nitrogens with zero attached hydrogens (tertiary/aromatic N) is 1. The Balaban J connectivity index is 2.08. The van der Waals surface area contributed by atoms with E-state index in [0.717, 1.165) is 8.69 Å². The number of urea groups is 1. The molecule has 0 spiro atoms. The second-order valence-corrected chi connectivity index (χ2v) is 5.63. The Hall–Kier alpha value is -1.21. The van der Waals surface area contributed by atoms with Crippen LogP contribution in [0.3, 0.4) is 0 Å². The van der Waals surface area contributed by atoms with Gasteiger partial charge in [0.15, 0.2) is 5.78 Å². The van der Waals surface area contributed by atoms with Gasteiger partial charge in [-0.2, -0.15) is 0 Å². The molecule has 1 aromatic rings. The van der Waals surface area contributed by atoms with E-state index in [4.69, 9.17) is 0 Å². The highest BCUT2D eigenvalue weighted by Gasteiger charge is 2.30. The zero-order valence-electron chi connectivity index (χ0n) is 8.03. The van der Waals surface area contributed by atoms with Crippen LogP contribution in [0.5, 0.6) is 0 Å². The molecule has 0 atom stereocenters. The molecule has 1 saturated heterocycles. The van der Waals surface area contributed by atoms with Gasteiger partial charge in [0.05, 0.1) is 21.8 Å². The molecule has 7 heteroatoms. The number of halogens is 1. The van der Waals surface area contributed by atoms with Gasteiger partial charge in [-0.15, -0.1) is 11.3 Å². The Morgan fingerprint density at radius 1 is 1.50 bits per heavy atom. The standard InChI is InChI=1S/C9H7BrN2O3S/c10-7-2-1-6(16-7)5(13)4-12-8(14)3-11-9(12)15/h1-2H,3-4H2,(H,11,15). The number of thiophene rings is 1. The van der Waals surface area contributed by atoms with E-state index < -0.39 is 6.03 Å². The molecule has 1 aliphatic rings. The van der Waals surface area contributed by atoms with Gasteiger partial charge >= 0.3 is 6.03 Å². The van der Waals surface area contributed by atoms with Gasteiger partial charge in [-0.3, -0.25) is 14.5 Å². The van der Waals surface area contributed by atoms with Crippen LogP contribution in [0.1, 0.15) is 9.67 Å². The molecule has 5 nitrogen and oxygen atoms in total. The molecule has 0 unspecified atom stereocenters. The summed E-state index contributed by atoms with van der Waals surface area (Å²) in [6, 6.07) is 2.91. The van der Waals surface area contributed by atoms with Crippen LogP contribution in [-0.4, -0.2) is 35.7 Å². The van der Waals surface area contributed by atoms with Gasteiger partial charge in [0, 0.05) is 0 Å². The number of ketones is 1. The summed E-state index contributed by atoms with van der Waals surface area (Å²) in [6.45, 7) is -0.224. The van der Waals surface area contributed by atoms with Crippen LogP contribution in [0.15, 0.2) is 15.9 Å². The van der Waals surface area contributed by atoms with Gasteiger partial charge in [-0.1, -0.05) is 0 Å². The molecule has 0 aliphatic carbocycles. The topological polar surface area (TPSA) is 66.5 Å². The summed E-state index contributed by atoms with van der Waals surface area (Å²) in [4.78, 5) is 35.6. The van der Waals surface area contributed by atoms with Crippen LogP contribution in [0, 0.1) is 0 Å². The SMILES string of the molecule is O=C(CN1C(=O)CNC1=O)c1ccc(Br)s1. The van der Waals surface area contributed by atoms with Gasteiger partial charge in [0.25, 0.3) is 0 Å². The number of imide groups is 1. The first kappa shape index (κ1) is 11.3. The molecular formula is C9H7BrN2O3S. The third-order valence-electron chi connectivity index (χ3n) is 2.09. The van der Waals surface area contributed by atoms with Gasteiger partial charge in [0.1, 0.15) is 0 Å². The Morgan fingerprint density at radius 3 is 2.75 bits per heavy atom. The Bertz CT molecular complexity index is 455. The number of rotatable bonds is 3. The van der Waals surface area contributed by atoms with E-state index in [1.807, 2.05) is 0 Å². The second kappa shape index (κ2) is 4.34. The average molecular weight is 303 g/mol. The molecule has 84 valence electrons. The average Bonchev–Trinajstić information content (AvgIpc) is 2.79. The number of Topliss-reactive ketones (excluding diaryl/α,β-unsaturated/α-hetero) is 1. The minimum absolute atomic E-state index is 0.0275. The first-order chi connectivity index (χ1) is 7.58. The van der Waals surface area contributed by atoms with E-state index in [1.165, 1.54) is 11.3 Å². The van der Waals surface area contributed by atoms with Crippen molar-refractivity contribution in [1.29, 1.82) is 0 Å². The third-order valence-corrected chi connectivity index (χ3v) is 3.75. The molecule has 1 fully saturated rings. The maximum absolute atomic E-state index is 11.7. The van der Waals surface area contributed by atoms with Crippen molar-refractivity contribution < 1.29 is 14.4 Å². The van der Waals surface area contributed by atoms with Gasteiger partial charge in [-0.25, -0.2) is 4.79 Å². The number of amides is 3. The Kier molecular flexibility index (Phi) is 3.06.